The van der Waals surface area contributed by atoms with Crippen LogP contribution in [-0.4, -0.2) is 62.2 Å². The van der Waals surface area contributed by atoms with Crippen LogP contribution in [0.15, 0.2) is 4.99 Å². The molecule has 0 spiro atoms. The van der Waals surface area contributed by atoms with Gasteiger partial charge in [-0.05, 0) is 38.5 Å². The number of hydrogen-bond acceptors (Lipinski definition) is 3. The first kappa shape index (κ1) is 22.5. The van der Waals surface area contributed by atoms with Gasteiger partial charge in [0, 0.05) is 33.3 Å². The first-order chi connectivity index (χ1) is 11.4. The molecular weight excluding hydrogens is 431 g/mol. The van der Waals surface area contributed by atoms with E-state index in [2.05, 4.69) is 29.5 Å². The van der Waals surface area contributed by atoms with Gasteiger partial charge in [0.2, 0.25) is 5.91 Å². The van der Waals surface area contributed by atoms with Crippen LogP contribution < -0.4 is 10.6 Å². The van der Waals surface area contributed by atoms with Crippen LogP contribution in [0.4, 0.5) is 0 Å². The zero-order valence-electron chi connectivity index (χ0n) is 16.1. The lowest BCUT2D eigenvalue weighted by Crippen LogP contribution is -2.51. The Labute approximate surface area is 169 Å². The first-order valence-electron chi connectivity index (χ1n) is 9.28. The Morgan fingerprint density at radius 2 is 2.00 bits per heavy atom. The van der Waals surface area contributed by atoms with E-state index in [1.807, 2.05) is 0 Å². The third kappa shape index (κ3) is 7.29. The quantitative estimate of drug-likeness (QED) is 0.371. The number of hydrogen-bond donors (Lipinski definition) is 2. The molecule has 2 fully saturated rings. The predicted molar refractivity (Wildman–Crippen MR) is 113 cm³/mol. The molecule has 7 heteroatoms. The third-order valence-electron chi connectivity index (χ3n) is 5.24. The molecule has 2 rings (SSSR count). The third-order valence-corrected chi connectivity index (χ3v) is 5.24. The Morgan fingerprint density at radius 3 is 2.60 bits per heavy atom. The summed E-state index contributed by atoms with van der Waals surface area (Å²) < 4.78 is 5.85. The topological polar surface area (TPSA) is 66.0 Å². The van der Waals surface area contributed by atoms with E-state index in [0.29, 0.717) is 12.0 Å². The molecule has 2 aliphatic rings. The minimum atomic E-state index is -0.133. The van der Waals surface area contributed by atoms with Gasteiger partial charge in [-0.2, -0.15) is 0 Å². The Kier molecular flexibility index (Phi) is 9.48. The van der Waals surface area contributed by atoms with Crippen molar-refractivity contribution in [2.45, 2.75) is 64.0 Å². The number of amides is 1. The molecule has 25 heavy (non-hydrogen) atoms. The minimum absolute atomic E-state index is 0. The SMILES string of the molecule is CC1CCCCC1NC(=NCC(=O)N(C)C)NCC1(C)CCCO1.I. The summed E-state index contributed by atoms with van der Waals surface area (Å²) in [7, 11) is 3.52. The average Bonchev–Trinajstić information content (AvgIpc) is 2.98. The Balaban J connectivity index is 0.00000312. The van der Waals surface area contributed by atoms with Crippen molar-refractivity contribution in [3.05, 3.63) is 0 Å². The summed E-state index contributed by atoms with van der Waals surface area (Å²) in [5.41, 5.74) is -0.133. The van der Waals surface area contributed by atoms with Gasteiger partial charge < -0.3 is 20.3 Å². The summed E-state index contributed by atoms with van der Waals surface area (Å²) in [6, 6.07) is 0.428. The highest BCUT2D eigenvalue weighted by Gasteiger charge is 2.30. The van der Waals surface area contributed by atoms with Crippen LogP contribution in [0.1, 0.15) is 52.4 Å². The monoisotopic (exact) mass is 466 g/mol. The van der Waals surface area contributed by atoms with Crippen molar-refractivity contribution in [1.29, 1.82) is 0 Å². The summed E-state index contributed by atoms with van der Waals surface area (Å²) in [4.78, 5) is 18.0. The second-order valence-electron chi connectivity index (χ2n) is 7.72. The van der Waals surface area contributed by atoms with Gasteiger partial charge in [0.25, 0.3) is 0 Å². The van der Waals surface area contributed by atoms with Gasteiger partial charge in [-0.1, -0.05) is 19.8 Å². The number of halogens is 1. The van der Waals surface area contributed by atoms with Gasteiger partial charge in [-0.3, -0.25) is 4.79 Å². The van der Waals surface area contributed by atoms with E-state index in [1.165, 1.54) is 19.3 Å². The molecule has 1 aliphatic heterocycles. The smallest absolute Gasteiger partial charge is 0.243 e. The average molecular weight is 466 g/mol. The standard InChI is InChI=1S/C18H34N4O2.HI/c1-14-8-5-6-9-15(14)21-17(19-12-16(23)22(3)4)20-13-18(2)10-7-11-24-18;/h14-15H,5-13H2,1-4H3,(H2,19,20,21);1H. The maximum absolute atomic E-state index is 11.9. The number of aliphatic imine (C=N–C) groups is 1. The van der Waals surface area contributed by atoms with Crippen LogP contribution >= 0.6 is 24.0 Å². The molecule has 146 valence electrons. The van der Waals surface area contributed by atoms with E-state index < -0.39 is 0 Å². The van der Waals surface area contributed by atoms with Crippen LogP contribution in [0.25, 0.3) is 0 Å². The maximum atomic E-state index is 11.9. The molecule has 6 nitrogen and oxygen atoms in total. The fourth-order valence-electron chi connectivity index (χ4n) is 3.39. The molecule has 1 heterocycles. The van der Waals surface area contributed by atoms with E-state index in [-0.39, 0.29) is 42.0 Å². The van der Waals surface area contributed by atoms with Crippen molar-refractivity contribution >= 4 is 35.8 Å². The molecule has 0 aromatic rings. The van der Waals surface area contributed by atoms with Crippen LogP contribution in [0.3, 0.4) is 0 Å². The van der Waals surface area contributed by atoms with E-state index in [9.17, 15) is 4.79 Å². The maximum Gasteiger partial charge on any atom is 0.243 e. The molecule has 0 aromatic heterocycles. The normalized spacial score (nSPS) is 29.7. The van der Waals surface area contributed by atoms with Crippen LogP contribution in [0.5, 0.6) is 0 Å². The van der Waals surface area contributed by atoms with Gasteiger partial charge >= 0.3 is 0 Å². The summed E-state index contributed by atoms with van der Waals surface area (Å²) in [6.07, 6.45) is 7.15. The summed E-state index contributed by atoms with van der Waals surface area (Å²) in [6.45, 7) is 6.15. The summed E-state index contributed by atoms with van der Waals surface area (Å²) in [5.74, 6) is 1.38. The molecule has 1 aliphatic carbocycles. The zero-order valence-corrected chi connectivity index (χ0v) is 18.5. The van der Waals surface area contributed by atoms with Gasteiger partial charge in [-0.25, -0.2) is 4.99 Å². The molecular formula is C18H35IN4O2. The van der Waals surface area contributed by atoms with E-state index in [1.54, 1.807) is 19.0 Å². The van der Waals surface area contributed by atoms with Crippen LogP contribution in [-0.2, 0) is 9.53 Å². The van der Waals surface area contributed by atoms with Crippen molar-refractivity contribution in [2.24, 2.45) is 10.9 Å². The Morgan fingerprint density at radius 1 is 1.28 bits per heavy atom. The van der Waals surface area contributed by atoms with Crippen molar-refractivity contribution in [2.75, 3.05) is 33.8 Å². The number of rotatable bonds is 5. The Bertz CT molecular complexity index is 450. The number of guanidine groups is 1. The number of nitrogens with one attached hydrogen (secondary N) is 2. The van der Waals surface area contributed by atoms with Crippen molar-refractivity contribution < 1.29 is 9.53 Å². The Hall–Kier alpha value is -0.570. The lowest BCUT2D eigenvalue weighted by molar-refractivity contribution is -0.127. The number of carbonyl (C=O) groups is 1. The minimum Gasteiger partial charge on any atom is -0.373 e. The lowest BCUT2D eigenvalue weighted by Gasteiger charge is -2.32. The van der Waals surface area contributed by atoms with Gasteiger partial charge in [0.15, 0.2) is 5.96 Å². The fourth-order valence-corrected chi connectivity index (χ4v) is 3.39. The summed E-state index contributed by atoms with van der Waals surface area (Å²) in [5, 5.41) is 6.96. The van der Waals surface area contributed by atoms with Crippen LogP contribution in [0, 0.1) is 5.92 Å². The molecule has 1 saturated heterocycles. The fraction of sp³-hybridized carbons (Fsp3) is 0.889. The van der Waals surface area contributed by atoms with E-state index in [0.717, 1.165) is 38.4 Å². The van der Waals surface area contributed by atoms with E-state index >= 15 is 0 Å². The molecule has 0 bridgehead atoms. The zero-order chi connectivity index (χ0) is 17.6. The number of nitrogens with zero attached hydrogens (tertiary/aromatic N) is 2. The highest BCUT2D eigenvalue weighted by Crippen LogP contribution is 2.25. The molecule has 2 N–H and O–H groups in total. The number of ether oxygens (including phenoxy) is 1. The summed E-state index contributed by atoms with van der Waals surface area (Å²) >= 11 is 0. The second-order valence-corrected chi connectivity index (χ2v) is 7.72. The largest absolute Gasteiger partial charge is 0.373 e. The molecule has 0 radical (unpaired) electrons. The van der Waals surface area contributed by atoms with E-state index in [4.69, 9.17) is 4.74 Å². The number of carbonyl (C=O) groups excluding carboxylic acids is 1. The molecule has 3 unspecified atom stereocenters. The van der Waals surface area contributed by atoms with Crippen molar-refractivity contribution in [3.63, 3.8) is 0 Å². The highest BCUT2D eigenvalue weighted by atomic mass is 127. The van der Waals surface area contributed by atoms with Gasteiger partial charge in [-0.15, -0.1) is 24.0 Å². The molecule has 1 saturated carbocycles. The highest BCUT2D eigenvalue weighted by molar-refractivity contribution is 14.0. The van der Waals surface area contributed by atoms with Crippen molar-refractivity contribution in [3.8, 4) is 0 Å². The van der Waals surface area contributed by atoms with Crippen LogP contribution in [0.2, 0.25) is 0 Å². The first-order valence-corrected chi connectivity index (χ1v) is 9.28. The van der Waals surface area contributed by atoms with Gasteiger partial charge in [0.05, 0.1) is 5.60 Å². The number of likely N-dealkylation sites (N-methyl/N-ethyl adjacent to an activating group) is 1. The van der Waals surface area contributed by atoms with Crippen molar-refractivity contribution in [1.82, 2.24) is 15.5 Å². The van der Waals surface area contributed by atoms with Gasteiger partial charge in [0.1, 0.15) is 6.54 Å². The molecule has 0 aromatic carbocycles. The molecule has 3 atom stereocenters. The predicted octanol–water partition coefficient (Wildman–Crippen LogP) is 2.38. The lowest BCUT2D eigenvalue weighted by atomic mass is 9.86. The molecule has 1 amide bonds. The second kappa shape index (κ2) is 10.5.